The quantitative estimate of drug-likeness (QED) is 0.802. The normalized spacial score (nSPS) is 10.6. The van der Waals surface area contributed by atoms with Crippen LogP contribution in [-0.2, 0) is 4.79 Å². The molecule has 0 unspecified atom stereocenters. The van der Waals surface area contributed by atoms with Crippen molar-refractivity contribution >= 4 is 28.7 Å². The first-order chi connectivity index (χ1) is 9.20. The molecule has 0 atom stereocenters. The van der Waals surface area contributed by atoms with E-state index in [4.69, 9.17) is 5.11 Å². The van der Waals surface area contributed by atoms with Crippen LogP contribution in [0.5, 0.6) is 0 Å². The number of para-hydroxylation sites is 2. The monoisotopic (exact) mass is 277 g/mol. The molecular weight excluding hydrogens is 262 g/mol. The molecule has 0 aliphatic carbocycles. The summed E-state index contributed by atoms with van der Waals surface area (Å²) in [6, 6.07) is 7.65. The summed E-state index contributed by atoms with van der Waals surface area (Å²) < 4.78 is 0. The summed E-state index contributed by atoms with van der Waals surface area (Å²) in [5, 5.41) is 12.0. The Hall–Kier alpha value is -1.66. The van der Waals surface area contributed by atoms with Crippen molar-refractivity contribution in [1.29, 1.82) is 0 Å². The molecule has 0 spiro atoms. The first-order valence-corrected chi connectivity index (χ1v) is 6.93. The Morgan fingerprint density at radius 2 is 2.00 bits per heavy atom. The summed E-state index contributed by atoms with van der Waals surface area (Å²) in [5.74, 6) is 0.154. The molecule has 2 rings (SSSR count). The average Bonchev–Trinajstić information content (AvgIpc) is 2.42. The number of benzene rings is 1. The Kier molecular flexibility index (Phi) is 4.70. The molecular formula is C13H15N3O2S. The highest BCUT2D eigenvalue weighted by molar-refractivity contribution is 7.99. The lowest BCUT2D eigenvalue weighted by atomic mass is 10.3. The summed E-state index contributed by atoms with van der Waals surface area (Å²) >= 11 is 1.35. The van der Waals surface area contributed by atoms with Gasteiger partial charge in [0.1, 0.15) is 5.03 Å². The second kappa shape index (κ2) is 6.49. The van der Waals surface area contributed by atoms with Crippen molar-refractivity contribution < 1.29 is 9.90 Å². The molecule has 1 aromatic carbocycles. The number of hydrogen-bond acceptors (Lipinski definition) is 5. The third-order valence-electron chi connectivity index (χ3n) is 2.48. The van der Waals surface area contributed by atoms with Crippen LogP contribution in [0.3, 0.4) is 0 Å². The van der Waals surface area contributed by atoms with Gasteiger partial charge in [0.25, 0.3) is 0 Å². The minimum absolute atomic E-state index is 0.0504. The molecule has 0 saturated carbocycles. The van der Waals surface area contributed by atoms with Gasteiger partial charge in [-0.05, 0) is 19.1 Å². The number of aryl methyl sites for hydroxylation is 1. The van der Waals surface area contributed by atoms with E-state index in [0.717, 1.165) is 21.8 Å². The van der Waals surface area contributed by atoms with Crippen molar-refractivity contribution in [3.8, 4) is 0 Å². The van der Waals surface area contributed by atoms with Crippen LogP contribution >= 0.6 is 11.8 Å². The number of nitrogens with one attached hydrogen (secondary N) is 1. The standard InChI is InChI=1S/C13H15N3O2S/c1-9-13(19-8-12(18)14-6-7-17)16-11-5-3-2-4-10(11)15-9/h2-5,17H,6-8H2,1H3,(H,14,18). The molecule has 1 amide bonds. The summed E-state index contributed by atoms with van der Waals surface area (Å²) in [7, 11) is 0. The number of rotatable bonds is 5. The third kappa shape index (κ3) is 3.65. The smallest absolute Gasteiger partial charge is 0.230 e. The fraction of sp³-hybridized carbons (Fsp3) is 0.308. The Bertz CT molecular complexity index is 589. The van der Waals surface area contributed by atoms with Crippen molar-refractivity contribution in [2.45, 2.75) is 11.9 Å². The van der Waals surface area contributed by atoms with Crippen molar-refractivity contribution in [2.24, 2.45) is 0 Å². The zero-order chi connectivity index (χ0) is 13.7. The molecule has 1 aromatic heterocycles. The van der Waals surface area contributed by atoms with Gasteiger partial charge in [-0.15, -0.1) is 0 Å². The number of fused-ring (bicyclic) bond motifs is 1. The van der Waals surface area contributed by atoms with Crippen LogP contribution in [0.4, 0.5) is 0 Å². The predicted molar refractivity (Wildman–Crippen MR) is 75.1 cm³/mol. The van der Waals surface area contributed by atoms with Crippen molar-refractivity contribution in [2.75, 3.05) is 18.9 Å². The molecule has 5 nitrogen and oxygen atoms in total. The van der Waals surface area contributed by atoms with E-state index in [2.05, 4.69) is 15.3 Å². The van der Waals surface area contributed by atoms with Gasteiger partial charge in [-0.3, -0.25) is 4.79 Å². The fourth-order valence-electron chi connectivity index (χ4n) is 1.59. The Morgan fingerprint density at radius 1 is 1.32 bits per heavy atom. The van der Waals surface area contributed by atoms with Crippen LogP contribution in [0.15, 0.2) is 29.3 Å². The van der Waals surface area contributed by atoms with E-state index >= 15 is 0 Å². The molecule has 0 bridgehead atoms. The lowest BCUT2D eigenvalue weighted by Gasteiger charge is -2.06. The topological polar surface area (TPSA) is 75.1 Å². The Balaban J connectivity index is 2.08. The summed E-state index contributed by atoms with van der Waals surface area (Å²) in [5.41, 5.74) is 2.50. The molecule has 19 heavy (non-hydrogen) atoms. The first-order valence-electron chi connectivity index (χ1n) is 5.94. The fourth-order valence-corrected chi connectivity index (χ4v) is 2.38. The number of amides is 1. The van der Waals surface area contributed by atoms with Gasteiger partial charge in [-0.1, -0.05) is 23.9 Å². The number of carbonyl (C=O) groups excluding carboxylic acids is 1. The second-order valence-corrected chi connectivity index (χ2v) is 4.93. The molecule has 0 saturated heterocycles. The van der Waals surface area contributed by atoms with Gasteiger partial charge in [0.15, 0.2) is 0 Å². The minimum Gasteiger partial charge on any atom is -0.395 e. The predicted octanol–water partition coefficient (Wildman–Crippen LogP) is 1.14. The maximum absolute atomic E-state index is 11.5. The van der Waals surface area contributed by atoms with E-state index in [0.29, 0.717) is 0 Å². The zero-order valence-corrected chi connectivity index (χ0v) is 11.4. The number of hydrogen-bond donors (Lipinski definition) is 2. The number of carbonyl (C=O) groups is 1. The third-order valence-corrected chi connectivity index (χ3v) is 3.54. The van der Waals surface area contributed by atoms with E-state index in [1.54, 1.807) is 0 Å². The van der Waals surface area contributed by atoms with Gasteiger partial charge in [0.2, 0.25) is 5.91 Å². The minimum atomic E-state index is -0.117. The number of thioether (sulfide) groups is 1. The average molecular weight is 277 g/mol. The second-order valence-electron chi connectivity index (χ2n) is 3.97. The van der Waals surface area contributed by atoms with Gasteiger partial charge in [0, 0.05) is 6.54 Å². The number of aliphatic hydroxyl groups is 1. The lowest BCUT2D eigenvalue weighted by Crippen LogP contribution is -2.27. The molecule has 2 N–H and O–H groups in total. The maximum atomic E-state index is 11.5. The molecule has 0 aliphatic heterocycles. The molecule has 100 valence electrons. The van der Waals surface area contributed by atoms with Crippen LogP contribution in [0.25, 0.3) is 11.0 Å². The van der Waals surface area contributed by atoms with Crippen LogP contribution in [0.2, 0.25) is 0 Å². The first kappa shape index (κ1) is 13.8. The van der Waals surface area contributed by atoms with E-state index in [1.165, 1.54) is 11.8 Å². The molecule has 0 aliphatic rings. The maximum Gasteiger partial charge on any atom is 0.230 e. The van der Waals surface area contributed by atoms with E-state index in [1.807, 2.05) is 31.2 Å². The number of aliphatic hydroxyl groups excluding tert-OH is 1. The molecule has 1 heterocycles. The zero-order valence-electron chi connectivity index (χ0n) is 10.6. The Morgan fingerprint density at radius 3 is 2.68 bits per heavy atom. The largest absolute Gasteiger partial charge is 0.395 e. The molecule has 2 aromatic rings. The van der Waals surface area contributed by atoms with Gasteiger partial charge in [-0.2, -0.15) is 0 Å². The lowest BCUT2D eigenvalue weighted by molar-refractivity contribution is -0.118. The van der Waals surface area contributed by atoms with Crippen LogP contribution in [0, 0.1) is 6.92 Å². The van der Waals surface area contributed by atoms with Crippen molar-refractivity contribution in [3.63, 3.8) is 0 Å². The van der Waals surface area contributed by atoms with Crippen molar-refractivity contribution in [3.05, 3.63) is 30.0 Å². The highest BCUT2D eigenvalue weighted by Crippen LogP contribution is 2.21. The number of aromatic nitrogens is 2. The van der Waals surface area contributed by atoms with Gasteiger partial charge in [0.05, 0.1) is 29.1 Å². The van der Waals surface area contributed by atoms with Crippen LogP contribution in [0.1, 0.15) is 5.69 Å². The van der Waals surface area contributed by atoms with Gasteiger partial charge >= 0.3 is 0 Å². The van der Waals surface area contributed by atoms with Crippen LogP contribution in [-0.4, -0.2) is 39.9 Å². The summed E-state index contributed by atoms with van der Waals surface area (Å²) in [4.78, 5) is 20.4. The SMILES string of the molecule is Cc1nc2ccccc2nc1SCC(=O)NCCO. The molecule has 0 fully saturated rings. The molecule has 0 radical (unpaired) electrons. The number of nitrogens with zero attached hydrogens (tertiary/aromatic N) is 2. The van der Waals surface area contributed by atoms with E-state index in [9.17, 15) is 4.79 Å². The van der Waals surface area contributed by atoms with Crippen LogP contribution < -0.4 is 5.32 Å². The highest BCUT2D eigenvalue weighted by atomic mass is 32.2. The van der Waals surface area contributed by atoms with Gasteiger partial charge in [-0.25, -0.2) is 9.97 Å². The summed E-state index contributed by atoms with van der Waals surface area (Å²) in [6.45, 7) is 2.11. The molecule has 6 heteroatoms. The highest BCUT2D eigenvalue weighted by Gasteiger charge is 2.08. The van der Waals surface area contributed by atoms with Gasteiger partial charge < -0.3 is 10.4 Å². The summed E-state index contributed by atoms with van der Waals surface area (Å²) in [6.07, 6.45) is 0. The van der Waals surface area contributed by atoms with Crippen molar-refractivity contribution in [1.82, 2.24) is 15.3 Å². The Labute approximate surface area is 115 Å². The van der Waals surface area contributed by atoms with E-state index < -0.39 is 0 Å². The van der Waals surface area contributed by atoms with E-state index in [-0.39, 0.29) is 24.8 Å².